The molecule has 0 saturated carbocycles. The summed E-state index contributed by atoms with van der Waals surface area (Å²) in [4.78, 5) is 11.5. The number of rotatable bonds is 5. The van der Waals surface area contributed by atoms with Crippen molar-refractivity contribution in [3.63, 3.8) is 0 Å². The number of esters is 1. The van der Waals surface area contributed by atoms with E-state index in [0.717, 1.165) is 16.3 Å². The van der Waals surface area contributed by atoms with Crippen molar-refractivity contribution in [3.05, 3.63) is 42.0 Å². The predicted octanol–water partition coefficient (Wildman–Crippen LogP) is 2.80. The molecular formula is C16H19NO3. The molecule has 0 fully saturated rings. The van der Waals surface area contributed by atoms with Gasteiger partial charge in [-0.3, -0.25) is 0 Å². The Labute approximate surface area is 118 Å². The van der Waals surface area contributed by atoms with Gasteiger partial charge in [-0.15, -0.1) is 0 Å². The maximum atomic E-state index is 11.5. The van der Waals surface area contributed by atoms with Gasteiger partial charge in [-0.05, 0) is 19.2 Å². The van der Waals surface area contributed by atoms with E-state index in [4.69, 9.17) is 15.2 Å². The SMILES string of the molecule is CCOC(=O)COc1c([C@@H](C)N)ccc2ccccc12. The van der Waals surface area contributed by atoms with Crippen LogP contribution in [-0.4, -0.2) is 19.2 Å². The number of hydrogen-bond donors (Lipinski definition) is 1. The van der Waals surface area contributed by atoms with Crippen molar-refractivity contribution in [2.75, 3.05) is 13.2 Å². The molecule has 0 unspecified atom stereocenters. The van der Waals surface area contributed by atoms with E-state index >= 15 is 0 Å². The van der Waals surface area contributed by atoms with Crippen LogP contribution >= 0.6 is 0 Å². The number of carbonyl (C=O) groups is 1. The fourth-order valence-corrected chi connectivity index (χ4v) is 2.11. The Morgan fingerprint density at radius 1 is 1.25 bits per heavy atom. The molecule has 0 heterocycles. The Hall–Kier alpha value is -2.07. The van der Waals surface area contributed by atoms with Gasteiger partial charge >= 0.3 is 5.97 Å². The zero-order valence-corrected chi connectivity index (χ0v) is 11.8. The highest BCUT2D eigenvalue weighted by molar-refractivity contribution is 5.90. The highest BCUT2D eigenvalue weighted by atomic mass is 16.6. The van der Waals surface area contributed by atoms with Gasteiger partial charge in [-0.1, -0.05) is 36.4 Å². The van der Waals surface area contributed by atoms with Crippen LogP contribution in [0.1, 0.15) is 25.5 Å². The van der Waals surface area contributed by atoms with Crippen LogP contribution in [-0.2, 0) is 9.53 Å². The quantitative estimate of drug-likeness (QED) is 0.851. The Balaban J connectivity index is 2.37. The lowest BCUT2D eigenvalue weighted by atomic mass is 10.0. The van der Waals surface area contributed by atoms with E-state index in [-0.39, 0.29) is 18.6 Å². The second-order valence-corrected chi connectivity index (χ2v) is 4.59. The van der Waals surface area contributed by atoms with Gasteiger partial charge in [0.15, 0.2) is 6.61 Å². The Kier molecular flexibility index (Phi) is 4.58. The lowest BCUT2D eigenvalue weighted by Gasteiger charge is -2.16. The smallest absolute Gasteiger partial charge is 0.344 e. The zero-order chi connectivity index (χ0) is 14.5. The van der Waals surface area contributed by atoms with Crippen molar-refractivity contribution in [1.82, 2.24) is 0 Å². The van der Waals surface area contributed by atoms with Crippen LogP contribution in [0.15, 0.2) is 36.4 Å². The number of carbonyl (C=O) groups excluding carboxylic acids is 1. The molecule has 20 heavy (non-hydrogen) atoms. The van der Waals surface area contributed by atoms with Crippen LogP contribution in [0.3, 0.4) is 0 Å². The Bertz CT molecular complexity index is 608. The van der Waals surface area contributed by atoms with E-state index < -0.39 is 0 Å². The standard InChI is InChI=1S/C16H19NO3/c1-3-19-15(18)10-20-16-13(11(2)17)9-8-12-6-4-5-7-14(12)16/h4-9,11H,3,10,17H2,1-2H3/t11-/m1/s1. The molecule has 0 bridgehead atoms. The third kappa shape index (κ3) is 3.08. The largest absolute Gasteiger partial charge is 0.481 e. The van der Waals surface area contributed by atoms with Crippen molar-refractivity contribution in [2.45, 2.75) is 19.9 Å². The first kappa shape index (κ1) is 14.3. The molecule has 2 aromatic carbocycles. The van der Waals surface area contributed by atoms with E-state index in [2.05, 4.69) is 0 Å². The third-order valence-corrected chi connectivity index (χ3v) is 3.04. The number of fused-ring (bicyclic) bond motifs is 1. The van der Waals surface area contributed by atoms with Gasteiger partial charge < -0.3 is 15.2 Å². The molecule has 0 aromatic heterocycles. The van der Waals surface area contributed by atoms with Crippen molar-refractivity contribution in [3.8, 4) is 5.75 Å². The fourth-order valence-electron chi connectivity index (χ4n) is 2.11. The molecule has 1 atom stereocenters. The van der Waals surface area contributed by atoms with Gasteiger partial charge in [0.05, 0.1) is 6.61 Å². The van der Waals surface area contributed by atoms with Crippen LogP contribution in [0.4, 0.5) is 0 Å². The molecule has 0 amide bonds. The molecule has 2 N–H and O–H groups in total. The van der Waals surface area contributed by atoms with E-state index in [0.29, 0.717) is 12.4 Å². The number of benzene rings is 2. The van der Waals surface area contributed by atoms with E-state index in [1.54, 1.807) is 6.92 Å². The summed E-state index contributed by atoms with van der Waals surface area (Å²) in [6.07, 6.45) is 0. The topological polar surface area (TPSA) is 61.5 Å². The average Bonchev–Trinajstić information content (AvgIpc) is 2.44. The van der Waals surface area contributed by atoms with E-state index in [9.17, 15) is 4.79 Å². The first-order valence-electron chi connectivity index (χ1n) is 6.69. The minimum atomic E-state index is -0.379. The highest BCUT2D eigenvalue weighted by Gasteiger charge is 2.14. The normalized spacial score (nSPS) is 12.2. The first-order valence-corrected chi connectivity index (χ1v) is 6.69. The van der Waals surface area contributed by atoms with Gasteiger partial charge in [-0.2, -0.15) is 0 Å². The molecule has 0 saturated heterocycles. The highest BCUT2D eigenvalue weighted by Crippen LogP contribution is 2.32. The summed E-state index contributed by atoms with van der Waals surface area (Å²) < 4.78 is 10.6. The van der Waals surface area contributed by atoms with Gasteiger partial charge in [0, 0.05) is 17.0 Å². The second kappa shape index (κ2) is 6.39. The predicted molar refractivity (Wildman–Crippen MR) is 78.7 cm³/mol. The van der Waals surface area contributed by atoms with Crippen LogP contribution in [0.25, 0.3) is 10.8 Å². The van der Waals surface area contributed by atoms with Gasteiger partial charge in [-0.25, -0.2) is 4.79 Å². The zero-order valence-electron chi connectivity index (χ0n) is 11.8. The summed E-state index contributed by atoms with van der Waals surface area (Å²) >= 11 is 0. The number of nitrogens with two attached hydrogens (primary N) is 1. The average molecular weight is 273 g/mol. The van der Waals surface area contributed by atoms with Crippen molar-refractivity contribution < 1.29 is 14.3 Å². The number of ether oxygens (including phenoxy) is 2. The van der Waals surface area contributed by atoms with Gasteiger partial charge in [0.1, 0.15) is 5.75 Å². The summed E-state index contributed by atoms with van der Waals surface area (Å²) in [5.74, 6) is 0.280. The summed E-state index contributed by atoms with van der Waals surface area (Å²) in [6.45, 7) is 3.89. The van der Waals surface area contributed by atoms with E-state index in [1.165, 1.54) is 0 Å². The van der Waals surface area contributed by atoms with Crippen LogP contribution in [0.2, 0.25) is 0 Å². The van der Waals surface area contributed by atoms with Crippen LogP contribution < -0.4 is 10.5 Å². The fraction of sp³-hybridized carbons (Fsp3) is 0.312. The molecule has 4 heteroatoms. The monoisotopic (exact) mass is 273 g/mol. The molecule has 2 rings (SSSR count). The molecular weight excluding hydrogens is 254 g/mol. The summed E-state index contributed by atoms with van der Waals surface area (Å²) in [6, 6.07) is 11.6. The first-order chi connectivity index (χ1) is 9.63. The lowest BCUT2D eigenvalue weighted by Crippen LogP contribution is -2.16. The molecule has 4 nitrogen and oxygen atoms in total. The Morgan fingerprint density at radius 3 is 2.70 bits per heavy atom. The lowest BCUT2D eigenvalue weighted by molar-refractivity contribution is -0.145. The summed E-state index contributed by atoms with van der Waals surface area (Å²) in [5.41, 5.74) is 6.86. The van der Waals surface area contributed by atoms with Crippen LogP contribution in [0.5, 0.6) is 5.75 Å². The molecule has 2 aromatic rings. The molecule has 0 aliphatic carbocycles. The van der Waals surface area contributed by atoms with Crippen molar-refractivity contribution >= 4 is 16.7 Å². The van der Waals surface area contributed by atoms with Gasteiger partial charge in [0.25, 0.3) is 0 Å². The number of hydrogen-bond acceptors (Lipinski definition) is 4. The summed E-state index contributed by atoms with van der Waals surface area (Å²) in [5, 5.41) is 2.00. The molecule has 0 spiro atoms. The molecule has 106 valence electrons. The Morgan fingerprint density at radius 2 is 2.00 bits per heavy atom. The molecule has 0 aliphatic rings. The maximum Gasteiger partial charge on any atom is 0.344 e. The van der Waals surface area contributed by atoms with Gasteiger partial charge in [0.2, 0.25) is 0 Å². The van der Waals surface area contributed by atoms with Crippen LogP contribution in [0, 0.1) is 0 Å². The third-order valence-electron chi connectivity index (χ3n) is 3.04. The van der Waals surface area contributed by atoms with Crippen molar-refractivity contribution in [2.24, 2.45) is 5.73 Å². The van der Waals surface area contributed by atoms with E-state index in [1.807, 2.05) is 43.3 Å². The summed E-state index contributed by atoms with van der Waals surface area (Å²) in [7, 11) is 0. The minimum absolute atomic E-state index is 0.110. The van der Waals surface area contributed by atoms with Crippen molar-refractivity contribution in [1.29, 1.82) is 0 Å². The molecule has 0 aliphatic heterocycles. The molecule has 0 radical (unpaired) electrons. The minimum Gasteiger partial charge on any atom is -0.481 e. The second-order valence-electron chi connectivity index (χ2n) is 4.59. The maximum absolute atomic E-state index is 11.5.